The molecule has 1 atom stereocenters. The number of nitrogens with one attached hydrogen (secondary N) is 1. The molecule has 1 saturated carbocycles. The van der Waals surface area contributed by atoms with Crippen molar-refractivity contribution in [2.24, 2.45) is 5.92 Å². The third-order valence-electron chi connectivity index (χ3n) is 3.45. The second-order valence-corrected chi connectivity index (χ2v) is 4.64. The molecule has 1 unspecified atom stereocenters. The fraction of sp³-hybridized carbons (Fsp3) is 0.571. The van der Waals surface area contributed by atoms with Crippen molar-refractivity contribution in [1.82, 2.24) is 5.32 Å². The van der Waals surface area contributed by atoms with E-state index in [0.29, 0.717) is 6.04 Å². The summed E-state index contributed by atoms with van der Waals surface area (Å²) in [6.45, 7) is 5.43. The lowest BCUT2D eigenvalue weighted by Gasteiger charge is -2.34. The maximum absolute atomic E-state index is 3.63. The zero-order valence-electron chi connectivity index (χ0n) is 9.79. The van der Waals surface area contributed by atoms with Crippen LogP contribution in [0.3, 0.4) is 0 Å². The first-order valence-corrected chi connectivity index (χ1v) is 6.11. The highest BCUT2D eigenvalue weighted by Crippen LogP contribution is 2.37. The molecule has 0 saturated heterocycles. The topological polar surface area (TPSA) is 12.0 Å². The lowest BCUT2D eigenvalue weighted by Crippen LogP contribution is -2.32. The van der Waals surface area contributed by atoms with E-state index < -0.39 is 0 Å². The first-order valence-electron chi connectivity index (χ1n) is 6.11. The minimum Gasteiger partial charge on any atom is -0.310 e. The lowest BCUT2D eigenvalue weighted by atomic mass is 9.77. The van der Waals surface area contributed by atoms with Gasteiger partial charge < -0.3 is 5.32 Å². The Morgan fingerprint density at radius 1 is 1.40 bits per heavy atom. The molecule has 1 fully saturated rings. The first kappa shape index (κ1) is 10.7. The van der Waals surface area contributed by atoms with E-state index in [-0.39, 0.29) is 0 Å². The summed E-state index contributed by atoms with van der Waals surface area (Å²) in [5.41, 5.74) is 2.84. The molecule has 1 aliphatic carbocycles. The van der Waals surface area contributed by atoms with Gasteiger partial charge in [0, 0.05) is 6.04 Å². The molecule has 1 N–H and O–H groups in total. The predicted octanol–water partition coefficient (Wildman–Crippen LogP) is 3.45. The number of benzene rings is 1. The number of hydrogen-bond acceptors (Lipinski definition) is 1. The molecule has 1 heteroatoms. The van der Waals surface area contributed by atoms with Gasteiger partial charge in [0.25, 0.3) is 0 Å². The standard InChI is InChI=1S/C14H21N/c1-3-15-14(12-7-5-8-12)13-9-4-6-11(2)10-13/h4,6,9-10,12,14-15H,3,5,7-8H2,1-2H3. The third-order valence-corrected chi connectivity index (χ3v) is 3.45. The van der Waals surface area contributed by atoms with Crippen LogP contribution in [0.4, 0.5) is 0 Å². The summed E-state index contributed by atoms with van der Waals surface area (Å²) >= 11 is 0. The van der Waals surface area contributed by atoms with Crippen molar-refractivity contribution in [1.29, 1.82) is 0 Å². The van der Waals surface area contributed by atoms with E-state index in [2.05, 4.69) is 43.4 Å². The van der Waals surface area contributed by atoms with Gasteiger partial charge in [-0.1, -0.05) is 43.2 Å². The zero-order chi connectivity index (χ0) is 10.7. The Morgan fingerprint density at radius 3 is 2.73 bits per heavy atom. The van der Waals surface area contributed by atoms with E-state index in [4.69, 9.17) is 0 Å². The fourth-order valence-corrected chi connectivity index (χ4v) is 2.41. The molecule has 0 aliphatic heterocycles. The van der Waals surface area contributed by atoms with Gasteiger partial charge in [-0.3, -0.25) is 0 Å². The molecule has 1 aromatic carbocycles. The molecule has 15 heavy (non-hydrogen) atoms. The van der Waals surface area contributed by atoms with Gasteiger partial charge in [0.05, 0.1) is 0 Å². The molecule has 82 valence electrons. The lowest BCUT2D eigenvalue weighted by molar-refractivity contribution is 0.233. The second-order valence-electron chi connectivity index (χ2n) is 4.64. The van der Waals surface area contributed by atoms with Crippen LogP contribution in [0.15, 0.2) is 24.3 Å². The zero-order valence-corrected chi connectivity index (χ0v) is 9.79. The van der Waals surface area contributed by atoms with E-state index in [1.54, 1.807) is 0 Å². The Hall–Kier alpha value is -0.820. The summed E-state index contributed by atoms with van der Waals surface area (Å²) in [5, 5.41) is 3.63. The normalized spacial score (nSPS) is 18.5. The minimum atomic E-state index is 0.587. The van der Waals surface area contributed by atoms with E-state index in [1.807, 2.05) is 0 Å². The summed E-state index contributed by atoms with van der Waals surface area (Å²) < 4.78 is 0. The Bertz CT molecular complexity index is 315. The van der Waals surface area contributed by atoms with Gasteiger partial charge in [-0.15, -0.1) is 0 Å². The number of rotatable bonds is 4. The third kappa shape index (κ3) is 2.40. The Kier molecular flexibility index (Phi) is 3.42. The highest BCUT2D eigenvalue weighted by Gasteiger charge is 2.27. The molecule has 0 bridgehead atoms. The smallest absolute Gasteiger partial charge is 0.0348 e. The molecule has 0 heterocycles. The number of hydrogen-bond donors (Lipinski definition) is 1. The van der Waals surface area contributed by atoms with Crippen molar-refractivity contribution in [3.05, 3.63) is 35.4 Å². The van der Waals surface area contributed by atoms with Crippen LogP contribution in [0, 0.1) is 12.8 Å². The van der Waals surface area contributed by atoms with Gasteiger partial charge in [-0.2, -0.15) is 0 Å². The summed E-state index contributed by atoms with van der Waals surface area (Å²) in [4.78, 5) is 0. The first-order chi connectivity index (χ1) is 7.31. The van der Waals surface area contributed by atoms with Crippen molar-refractivity contribution in [2.75, 3.05) is 6.54 Å². The van der Waals surface area contributed by atoms with Gasteiger partial charge in [0.15, 0.2) is 0 Å². The molecule has 0 radical (unpaired) electrons. The SMILES string of the molecule is CCNC(c1cccc(C)c1)C1CCC1. The molecular weight excluding hydrogens is 182 g/mol. The van der Waals surface area contributed by atoms with Crippen LogP contribution >= 0.6 is 0 Å². The van der Waals surface area contributed by atoms with Crippen LogP contribution < -0.4 is 5.32 Å². The average Bonchev–Trinajstić information content (AvgIpc) is 2.14. The molecule has 2 rings (SSSR count). The highest BCUT2D eigenvalue weighted by molar-refractivity contribution is 5.26. The van der Waals surface area contributed by atoms with Crippen LogP contribution in [0.5, 0.6) is 0 Å². The van der Waals surface area contributed by atoms with Crippen molar-refractivity contribution in [3.8, 4) is 0 Å². The van der Waals surface area contributed by atoms with Crippen molar-refractivity contribution >= 4 is 0 Å². The highest BCUT2D eigenvalue weighted by atomic mass is 14.9. The Labute approximate surface area is 92.9 Å². The van der Waals surface area contributed by atoms with E-state index in [1.165, 1.54) is 30.4 Å². The molecule has 0 aromatic heterocycles. The van der Waals surface area contributed by atoms with Crippen LogP contribution in [0.1, 0.15) is 43.4 Å². The molecule has 0 spiro atoms. The molecule has 1 nitrogen and oxygen atoms in total. The van der Waals surface area contributed by atoms with Gasteiger partial charge >= 0.3 is 0 Å². The van der Waals surface area contributed by atoms with Gasteiger partial charge in [0.1, 0.15) is 0 Å². The Balaban J connectivity index is 2.15. The van der Waals surface area contributed by atoms with Crippen molar-refractivity contribution in [3.63, 3.8) is 0 Å². The van der Waals surface area contributed by atoms with Gasteiger partial charge in [-0.25, -0.2) is 0 Å². The molecular formula is C14H21N. The van der Waals surface area contributed by atoms with E-state index in [9.17, 15) is 0 Å². The predicted molar refractivity (Wildman–Crippen MR) is 64.9 cm³/mol. The average molecular weight is 203 g/mol. The van der Waals surface area contributed by atoms with E-state index in [0.717, 1.165) is 12.5 Å². The summed E-state index contributed by atoms with van der Waals surface area (Å²) in [6, 6.07) is 9.52. The molecule has 0 amide bonds. The second kappa shape index (κ2) is 4.80. The fourth-order valence-electron chi connectivity index (χ4n) is 2.41. The molecule has 1 aromatic rings. The number of aryl methyl sites for hydroxylation is 1. The van der Waals surface area contributed by atoms with Crippen molar-refractivity contribution in [2.45, 2.75) is 39.2 Å². The summed E-state index contributed by atoms with van der Waals surface area (Å²) in [5.74, 6) is 0.867. The largest absolute Gasteiger partial charge is 0.310 e. The maximum atomic E-state index is 3.63. The quantitative estimate of drug-likeness (QED) is 0.790. The van der Waals surface area contributed by atoms with Crippen LogP contribution in [-0.4, -0.2) is 6.54 Å². The van der Waals surface area contributed by atoms with Crippen LogP contribution in [0.2, 0.25) is 0 Å². The summed E-state index contributed by atoms with van der Waals surface area (Å²) in [7, 11) is 0. The van der Waals surface area contributed by atoms with Gasteiger partial charge in [0.2, 0.25) is 0 Å². The Morgan fingerprint density at radius 2 is 2.20 bits per heavy atom. The van der Waals surface area contributed by atoms with Gasteiger partial charge in [-0.05, 0) is 37.8 Å². The minimum absolute atomic E-state index is 0.587. The van der Waals surface area contributed by atoms with Crippen LogP contribution in [0.25, 0.3) is 0 Å². The summed E-state index contributed by atoms with van der Waals surface area (Å²) in [6.07, 6.45) is 4.20. The maximum Gasteiger partial charge on any atom is 0.0348 e. The molecule has 1 aliphatic rings. The van der Waals surface area contributed by atoms with Crippen LogP contribution in [-0.2, 0) is 0 Å². The monoisotopic (exact) mass is 203 g/mol. The van der Waals surface area contributed by atoms with Crippen molar-refractivity contribution < 1.29 is 0 Å². The van der Waals surface area contributed by atoms with E-state index >= 15 is 0 Å².